The summed E-state index contributed by atoms with van der Waals surface area (Å²) in [6.07, 6.45) is 1.33. The van der Waals surface area contributed by atoms with E-state index in [2.05, 4.69) is 10.6 Å². The largest absolute Gasteiger partial charge is 0.491 e. The van der Waals surface area contributed by atoms with Crippen molar-refractivity contribution < 1.29 is 28.6 Å². The Morgan fingerprint density at radius 3 is 2.68 bits per heavy atom. The second-order valence-electron chi connectivity index (χ2n) is 9.91. The van der Waals surface area contributed by atoms with Gasteiger partial charge in [0.15, 0.2) is 0 Å². The highest BCUT2D eigenvalue weighted by atomic mass is 19.1. The van der Waals surface area contributed by atoms with Crippen LogP contribution < -0.4 is 15.4 Å². The Balaban J connectivity index is 1.45. The number of halogens is 1. The number of nitrogens with one attached hydrogen (secondary N) is 2. The number of benzene rings is 2. The van der Waals surface area contributed by atoms with Gasteiger partial charge in [0, 0.05) is 32.5 Å². The molecule has 2 aromatic carbocycles. The molecule has 4 atom stereocenters. The molecule has 0 bridgehead atoms. The molecule has 2 fully saturated rings. The number of hydrogen-bond donors (Lipinski definition) is 3. The monoisotopic (exact) mass is 511 g/mol. The van der Waals surface area contributed by atoms with E-state index in [-0.39, 0.29) is 36.8 Å². The highest BCUT2D eigenvalue weighted by Crippen LogP contribution is 2.27. The van der Waals surface area contributed by atoms with Crippen LogP contribution >= 0.6 is 0 Å². The van der Waals surface area contributed by atoms with Crippen molar-refractivity contribution in [3.05, 3.63) is 65.5 Å². The number of amides is 3. The third kappa shape index (κ3) is 7.29. The lowest BCUT2D eigenvalue weighted by Crippen LogP contribution is -2.53. The SMILES string of the molecule is CC(=O)N[C@@H](Cc1cc(F)cc(OC[C@H]2CCC(=O)N2)c1)[C@H](O)[C@@H]1CCCN(Cc2ccccc2)C1=O. The van der Waals surface area contributed by atoms with Gasteiger partial charge in [0.2, 0.25) is 17.7 Å². The molecule has 2 heterocycles. The summed E-state index contributed by atoms with van der Waals surface area (Å²) in [5, 5.41) is 16.8. The number of carbonyl (C=O) groups excluding carboxylic acids is 3. The van der Waals surface area contributed by atoms with Crippen molar-refractivity contribution in [2.24, 2.45) is 5.92 Å². The Hall–Kier alpha value is -3.46. The van der Waals surface area contributed by atoms with Gasteiger partial charge >= 0.3 is 0 Å². The summed E-state index contributed by atoms with van der Waals surface area (Å²) in [6, 6.07) is 13.0. The van der Waals surface area contributed by atoms with Gasteiger partial charge in [-0.3, -0.25) is 14.4 Å². The second kappa shape index (κ2) is 12.2. The molecule has 2 saturated heterocycles. The maximum absolute atomic E-state index is 14.4. The van der Waals surface area contributed by atoms with Crippen molar-refractivity contribution in [2.75, 3.05) is 13.2 Å². The molecular formula is C28H34FN3O5. The van der Waals surface area contributed by atoms with E-state index in [1.54, 1.807) is 11.0 Å². The quantitative estimate of drug-likeness (QED) is 0.454. The number of aliphatic hydroxyl groups excluding tert-OH is 1. The van der Waals surface area contributed by atoms with E-state index in [0.717, 1.165) is 12.0 Å². The fourth-order valence-corrected chi connectivity index (χ4v) is 5.12. The molecule has 0 unspecified atom stereocenters. The molecule has 2 aromatic rings. The lowest BCUT2D eigenvalue weighted by Gasteiger charge is -2.37. The summed E-state index contributed by atoms with van der Waals surface area (Å²) in [7, 11) is 0. The van der Waals surface area contributed by atoms with E-state index in [4.69, 9.17) is 4.74 Å². The molecule has 0 saturated carbocycles. The van der Waals surface area contributed by atoms with E-state index in [0.29, 0.717) is 43.7 Å². The van der Waals surface area contributed by atoms with Gasteiger partial charge in [-0.15, -0.1) is 0 Å². The molecule has 2 aliphatic heterocycles. The summed E-state index contributed by atoms with van der Waals surface area (Å²) < 4.78 is 20.1. The van der Waals surface area contributed by atoms with Crippen LogP contribution in [-0.4, -0.2) is 59.1 Å². The number of nitrogens with zero attached hydrogens (tertiary/aromatic N) is 1. The maximum atomic E-state index is 14.4. The summed E-state index contributed by atoms with van der Waals surface area (Å²) in [5.41, 5.74) is 1.53. The number of hydrogen-bond acceptors (Lipinski definition) is 5. The maximum Gasteiger partial charge on any atom is 0.228 e. The van der Waals surface area contributed by atoms with Gasteiger partial charge in [-0.1, -0.05) is 30.3 Å². The van der Waals surface area contributed by atoms with Gasteiger partial charge in [0.1, 0.15) is 18.2 Å². The molecule has 2 aliphatic rings. The van der Waals surface area contributed by atoms with Gasteiger partial charge in [-0.25, -0.2) is 4.39 Å². The van der Waals surface area contributed by atoms with Crippen LogP contribution in [0, 0.1) is 11.7 Å². The average molecular weight is 512 g/mol. The van der Waals surface area contributed by atoms with Gasteiger partial charge in [-0.05, 0) is 48.9 Å². The van der Waals surface area contributed by atoms with Crippen molar-refractivity contribution in [2.45, 2.75) is 63.8 Å². The topological polar surface area (TPSA) is 108 Å². The lowest BCUT2D eigenvalue weighted by molar-refractivity contribution is -0.145. The van der Waals surface area contributed by atoms with Crippen molar-refractivity contribution in [1.82, 2.24) is 15.5 Å². The van der Waals surface area contributed by atoms with E-state index < -0.39 is 23.9 Å². The molecule has 8 nitrogen and oxygen atoms in total. The van der Waals surface area contributed by atoms with Crippen molar-refractivity contribution in [3.63, 3.8) is 0 Å². The summed E-state index contributed by atoms with van der Waals surface area (Å²) >= 11 is 0. The third-order valence-electron chi connectivity index (χ3n) is 6.92. The van der Waals surface area contributed by atoms with E-state index in [9.17, 15) is 23.9 Å². The summed E-state index contributed by atoms with van der Waals surface area (Å²) in [5.74, 6) is -1.42. The number of carbonyl (C=O) groups is 3. The standard InChI is InChI=1S/C28H34FN3O5/c1-18(33)30-25(14-20-12-21(29)15-23(13-20)37-17-22-9-10-26(34)31-22)27(35)24-8-5-11-32(28(24)36)16-19-6-3-2-4-7-19/h2-4,6-7,12-13,15,22,24-25,27,35H,5,8-11,14,16-17H2,1H3,(H,30,33)(H,31,34)/t22-,24+,25+,27-/m1/s1. The fraction of sp³-hybridized carbons (Fsp3) is 0.464. The number of likely N-dealkylation sites (tertiary alicyclic amines) is 1. The molecule has 3 N–H and O–H groups in total. The molecule has 0 aromatic heterocycles. The van der Waals surface area contributed by atoms with E-state index in [1.807, 2.05) is 30.3 Å². The first-order chi connectivity index (χ1) is 17.8. The van der Waals surface area contributed by atoms with Gasteiger partial charge < -0.3 is 25.4 Å². The molecule has 37 heavy (non-hydrogen) atoms. The minimum Gasteiger partial charge on any atom is -0.491 e. The van der Waals surface area contributed by atoms with Crippen LogP contribution in [0.4, 0.5) is 4.39 Å². The van der Waals surface area contributed by atoms with Gasteiger partial charge in [0.25, 0.3) is 0 Å². The number of aliphatic hydroxyl groups is 1. The van der Waals surface area contributed by atoms with Crippen molar-refractivity contribution >= 4 is 17.7 Å². The first-order valence-corrected chi connectivity index (χ1v) is 12.8. The number of piperidine rings is 1. The lowest BCUT2D eigenvalue weighted by atomic mass is 9.85. The zero-order chi connectivity index (χ0) is 26.4. The third-order valence-corrected chi connectivity index (χ3v) is 6.92. The average Bonchev–Trinajstić information content (AvgIpc) is 3.28. The molecule has 9 heteroatoms. The molecule has 0 radical (unpaired) electrons. The fourth-order valence-electron chi connectivity index (χ4n) is 5.12. The van der Waals surface area contributed by atoms with Crippen LogP contribution in [0.3, 0.4) is 0 Å². The minimum atomic E-state index is -1.14. The second-order valence-corrected chi connectivity index (χ2v) is 9.91. The zero-order valence-corrected chi connectivity index (χ0v) is 21.0. The van der Waals surface area contributed by atoms with E-state index >= 15 is 0 Å². The van der Waals surface area contributed by atoms with Crippen LogP contribution in [0.1, 0.15) is 43.7 Å². The summed E-state index contributed by atoms with van der Waals surface area (Å²) in [6.45, 7) is 2.63. The molecule has 3 amide bonds. The molecule has 0 aliphatic carbocycles. The van der Waals surface area contributed by atoms with Crippen LogP contribution in [0.15, 0.2) is 48.5 Å². The highest BCUT2D eigenvalue weighted by molar-refractivity contribution is 5.80. The van der Waals surface area contributed by atoms with Crippen molar-refractivity contribution in [3.8, 4) is 5.75 Å². The Morgan fingerprint density at radius 2 is 1.97 bits per heavy atom. The zero-order valence-electron chi connectivity index (χ0n) is 21.0. The van der Waals surface area contributed by atoms with Crippen LogP contribution in [0.2, 0.25) is 0 Å². The normalized spacial score (nSPS) is 21.3. The van der Waals surface area contributed by atoms with Gasteiger partial charge in [0.05, 0.1) is 24.1 Å². The van der Waals surface area contributed by atoms with Crippen LogP contribution in [0.5, 0.6) is 5.75 Å². The first kappa shape index (κ1) is 26.6. The minimum absolute atomic E-state index is 0.0275. The van der Waals surface area contributed by atoms with Crippen molar-refractivity contribution in [1.29, 1.82) is 0 Å². The predicted molar refractivity (Wildman–Crippen MR) is 135 cm³/mol. The van der Waals surface area contributed by atoms with Gasteiger partial charge in [-0.2, -0.15) is 0 Å². The summed E-state index contributed by atoms with van der Waals surface area (Å²) in [4.78, 5) is 38.4. The highest BCUT2D eigenvalue weighted by Gasteiger charge is 2.38. The van der Waals surface area contributed by atoms with Crippen LogP contribution in [0.25, 0.3) is 0 Å². The van der Waals surface area contributed by atoms with E-state index in [1.165, 1.54) is 19.1 Å². The number of rotatable bonds is 10. The molecule has 0 spiro atoms. The Labute approximate surface area is 216 Å². The number of ether oxygens (including phenoxy) is 1. The Morgan fingerprint density at radius 1 is 1.19 bits per heavy atom. The Bertz CT molecular complexity index is 1110. The predicted octanol–water partition coefficient (Wildman–Crippen LogP) is 2.33. The Kier molecular flexibility index (Phi) is 8.76. The first-order valence-electron chi connectivity index (χ1n) is 12.8. The molecular weight excluding hydrogens is 477 g/mol. The molecule has 4 rings (SSSR count). The molecule has 198 valence electrons. The smallest absolute Gasteiger partial charge is 0.228 e. The van der Waals surface area contributed by atoms with Crippen LogP contribution in [-0.2, 0) is 27.3 Å².